The Hall–Kier alpha value is -2.99. The van der Waals surface area contributed by atoms with E-state index in [2.05, 4.69) is 63.2 Å². The van der Waals surface area contributed by atoms with E-state index in [0.29, 0.717) is 12.8 Å². The van der Waals surface area contributed by atoms with Crippen molar-refractivity contribution in [2.24, 2.45) is 0 Å². The Morgan fingerprint density at radius 2 is 2.07 bits per heavy atom. The standard InChI is InChI=1S/C23H26N4O2/c1-17-4-2-6-20(12-17)27-11-9-24-23(27)15-26-10-3-5-19(14-26)25-18-7-8-21-22(13-18)29-16-28-21/h2,4,6-9,11-13,19,25H,3,5,10,14-16H2,1H3/t19-/m1/s1. The predicted molar refractivity (Wildman–Crippen MR) is 113 cm³/mol. The van der Waals surface area contributed by atoms with Gasteiger partial charge in [-0.15, -0.1) is 0 Å². The van der Waals surface area contributed by atoms with Crippen LogP contribution < -0.4 is 14.8 Å². The first-order valence-electron chi connectivity index (χ1n) is 10.2. The molecule has 29 heavy (non-hydrogen) atoms. The molecule has 5 rings (SSSR count). The number of nitrogens with one attached hydrogen (secondary N) is 1. The van der Waals surface area contributed by atoms with Crippen molar-refractivity contribution >= 4 is 5.69 Å². The van der Waals surface area contributed by atoms with Crippen molar-refractivity contribution < 1.29 is 9.47 Å². The third kappa shape index (κ3) is 3.93. The Labute approximate surface area is 171 Å². The molecule has 0 amide bonds. The topological polar surface area (TPSA) is 51.6 Å². The minimum Gasteiger partial charge on any atom is -0.454 e. The van der Waals surface area contributed by atoms with Crippen LogP contribution in [0.2, 0.25) is 0 Å². The van der Waals surface area contributed by atoms with Gasteiger partial charge in [0.1, 0.15) is 5.82 Å². The van der Waals surface area contributed by atoms with E-state index >= 15 is 0 Å². The average molecular weight is 390 g/mol. The van der Waals surface area contributed by atoms with Crippen LogP contribution in [0.15, 0.2) is 54.9 Å². The molecule has 6 nitrogen and oxygen atoms in total. The summed E-state index contributed by atoms with van der Waals surface area (Å²) in [6.45, 7) is 5.37. The molecule has 0 unspecified atom stereocenters. The van der Waals surface area contributed by atoms with Gasteiger partial charge >= 0.3 is 0 Å². The molecule has 1 saturated heterocycles. The molecule has 1 aromatic heterocycles. The van der Waals surface area contributed by atoms with Crippen molar-refractivity contribution in [3.63, 3.8) is 0 Å². The molecule has 2 aromatic carbocycles. The fraction of sp³-hybridized carbons (Fsp3) is 0.348. The number of rotatable bonds is 5. The van der Waals surface area contributed by atoms with Gasteiger partial charge in [-0.1, -0.05) is 12.1 Å². The third-order valence-corrected chi connectivity index (χ3v) is 5.61. The summed E-state index contributed by atoms with van der Waals surface area (Å²) >= 11 is 0. The maximum absolute atomic E-state index is 5.50. The minimum absolute atomic E-state index is 0.309. The molecule has 0 aliphatic carbocycles. The summed E-state index contributed by atoms with van der Waals surface area (Å²) in [7, 11) is 0. The maximum Gasteiger partial charge on any atom is 0.231 e. The molecular weight excluding hydrogens is 364 g/mol. The number of anilines is 1. The van der Waals surface area contributed by atoms with Crippen LogP contribution >= 0.6 is 0 Å². The van der Waals surface area contributed by atoms with Gasteiger partial charge in [0.2, 0.25) is 6.79 Å². The molecule has 1 N–H and O–H groups in total. The van der Waals surface area contributed by atoms with Crippen LogP contribution in [0.25, 0.3) is 5.69 Å². The zero-order valence-electron chi connectivity index (χ0n) is 16.7. The lowest BCUT2D eigenvalue weighted by molar-refractivity contribution is 0.174. The molecular formula is C23H26N4O2. The molecule has 0 spiro atoms. The summed E-state index contributed by atoms with van der Waals surface area (Å²) < 4.78 is 13.1. The largest absolute Gasteiger partial charge is 0.454 e. The highest BCUT2D eigenvalue weighted by atomic mass is 16.7. The molecule has 150 valence electrons. The summed E-state index contributed by atoms with van der Waals surface area (Å²) in [6, 6.07) is 15.0. The summed E-state index contributed by atoms with van der Waals surface area (Å²) in [5, 5.41) is 3.67. The number of fused-ring (bicyclic) bond motifs is 1. The molecule has 0 radical (unpaired) electrons. The number of aryl methyl sites for hydroxylation is 1. The van der Waals surface area contributed by atoms with E-state index in [1.807, 2.05) is 18.3 Å². The zero-order valence-corrected chi connectivity index (χ0v) is 16.7. The van der Waals surface area contributed by atoms with Gasteiger partial charge in [-0.3, -0.25) is 4.90 Å². The van der Waals surface area contributed by atoms with Crippen molar-refractivity contribution in [1.82, 2.24) is 14.5 Å². The zero-order chi connectivity index (χ0) is 19.6. The highest BCUT2D eigenvalue weighted by molar-refractivity contribution is 5.56. The molecule has 3 aromatic rings. The Balaban J connectivity index is 1.26. The molecule has 1 atom stereocenters. The predicted octanol–water partition coefficient (Wildman–Crippen LogP) is 3.99. The van der Waals surface area contributed by atoms with E-state index in [4.69, 9.17) is 9.47 Å². The lowest BCUT2D eigenvalue weighted by Gasteiger charge is -2.33. The van der Waals surface area contributed by atoms with Crippen LogP contribution in [-0.4, -0.2) is 40.4 Å². The molecule has 2 aliphatic rings. The van der Waals surface area contributed by atoms with Crippen LogP contribution in [-0.2, 0) is 6.54 Å². The number of imidazole rings is 1. The maximum atomic E-state index is 5.50. The summed E-state index contributed by atoms with van der Waals surface area (Å²) in [6.07, 6.45) is 6.28. The molecule has 2 aliphatic heterocycles. The van der Waals surface area contributed by atoms with Crippen molar-refractivity contribution in [1.29, 1.82) is 0 Å². The smallest absolute Gasteiger partial charge is 0.231 e. The lowest BCUT2D eigenvalue weighted by Crippen LogP contribution is -2.42. The van der Waals surface area contributed by atoms with Crippen LogP contribution in [0.3, 0.4) is 0 Å². The van der Waals surface area contributed by atoms with Gasteiger partial charge in [0, 0.05) is 42.4 Å². The van der Waals surface area contributed by atoms with E-state index in [-0.39, 0.29) is 0 Å². The number of hydrogen-bond acceptors (Lipinski definition) is 5. The van der Waals surface area contributed by atoms with E-state index in [0.717, 1.165) is 49.1 Å². The fourth-order valence-corrected chi connectivity index (χ4v) is 4.20. The summed E-state index contributed by atoms with van der Waals surface area (Å²) in [5.74, 6) is 2.73. The van der Waals surface area contributed by atoms with Gasteiger partial charge < -0.3 is 19.4 Å². The van der Waals surface area contributed by atoms with Crippen molar-refractivity contribution in [2.45, 2.75) is 32.4 Å². The Bertz CT molecular complexity index is 1000. The van der Waals surface area contributed by atoms with Gasteiger partial charge in [-0.05, 0) is 56.1 Å². The van der Waals surface area contributed by atoms with Gasteiger partial charge in [0.15, 0.2) is 11.5 Å². The SMILES string of the molecule is Cc1cccc(-n2ccnc2CN2CCC[C@@H](Nc3ccc4c(c3)OCO4)C2)c1. The normalized spacial score (nSPS) is 18.7. The number of benzene rings is 2. The van der Waals surface area contributed by atoms with Gasteiger partial charge in [-0.2, -0.15) is 0 Å². The number of aromatic nitrogens is 2. The summed E-state index contributed by atoms with van der Waals surface area (Å²) in [4.78, 5) is 7.12. The third-order valence-electron chi connectivity index (χ3n) is 5.61. The van der Waals surface area contributed by atoms with Crippen molar-refractivity contribution in [2.75, 3.05) is 25.2 Å². The molecule has 0 bridgehead atoms. The Kier molecular flexibility index (Phi) is 4.86. The highest BCUT2D eigenvalue weighted by Gasteiger charge is 2.22. The number of ether oxygens (including phenoxy) is 2. The Morgan fingerprint density at radius 1 is 1.14 bits per heavy atom. The molecule has 3 heterocycles. The fourth-order valence-electron chi connectivity index (χ4n) is 4.20. The highest BCUT2D eigenvalue weighted by Crippen LogP contribution is 2.34. The van der Waals surface area contributed by atoms with Gasteiger partial charge in [-0.25, -0.2) is 4.98 Å². The second kappa shape index (κ2) is 7.79. The number of piperidine rings is 1. The Morgan fingerprint density at radius 3 is 3.00 bits per heavy atom. The van der Waals surface area contributed by atoms with E-state index in [1.165, 1.54) is 17.7 Å². The van der Waals surface area contributed by atoms with Crippen LogP contribution in [0.4, 0.5) is 5.69 Å². The van der Waals surface area contributed by atoms with Crippen molar-refractivity contribution in [3.05, 3.63) is 66.2 Å². The molecule has 0 saturated carbocycles. The van der Waals surface area contributed by atoms with E-state index < -0.39 is 0 Å². The van der Waals surface area contributed by atoms with Gasteiger partial charge in [0.25, 0.3) is 0 Å². The average Bonchev–Trinajstić information content (AvgIpc) is 3.37. The number of nitrogens with zero attached hydrogens (tertiary/aromatic N) is 3. The lowest BCUT2D eigenvalue weighted by atomic mass is 10.1. The number of likely N-dealkylation sites (tertiary alicyclic amines) is 1. The number of hydrogen-bond donors (Lipinski definition) is 1. The summed E-state index contributed by atoms with van der Waals surface area (Å²) in [5.41, 5.74) is 3.51. The first kappa shape index (κ1) is 18.1. The second-order valence-electron chi connectivity index (χ2n) is 7.84. The van der Waals surface area contributed by atoms with Crippen LogP contribution in [0.5, 0.6) is 11.5 Å². The minimum atomic E-state index is 0.309. The first-order chi connectivity index (χ1) is 14.2. The first-order valence-corrected chi connectivity index (χ1v) is 10.2. The monoisotopic (exact) mass is 390 g/mol. The quantitative estimate of drug-likeness (QED) is 0.714. The molecule has 6 heteroatoms. The second-order valence-corrected chi connectivity index (χ2v) is 7.84. The van der Waals surface area contributed by atoms with Crippen LogP contribution in [0.1, 0.15) is 24.2 Å². The van der Waals surface area contributed by atoms with E-state index in [1.54, 1.807) is 0 Å². The van der Waals surface area contributed by atoms with Gasteiger partial charge in [0.05, 0.1) is 6.54 Å². The van der Waals surface area contributed by atoms with Crippen molar-refractivity contribution in [3.8, 4) is 17.2 Å². The molecule has 1 fully saturated rings. The van der Waals surface area contributed by atoms with Crippen LogP contribution in [0, 0.1) is 6.92 Å². The van der Waals surface area contributed by atoms with E-state index in [9.17, 15) is 0 Å².